The van der Waals surface area contributed by atoms with Crippen molar-refractivity contribution in [3.63, 3.8) is 0 Å². The first-order chi connectivity index (χ1) is 12.3. The highest BCUT2D eigenvalue weighted by molar-refractivity contribution is 7.99. The fourth-order valence-electron chi connectivity index (χ4n) is 2.49. The van der Waals surface area contributed by atoms with Gasteiger partial charge in [0.1, 0.15) is 18.7 Å². The summed E-state index contributed by atoms with van der Waals surface area (Å²) >= 11 is 1.42. The van der Waals surface area contributed by atoms with Crippen LogP contribution in [0.25, 0.3) is 11.1 Å². The number of carbonyl (C=O) groups excluding carboxylic acids is 1. The molecule has 3 aromatic rings. The quantitative estimate of drug-likeness (QED) is 0.703. The molecule has 6 nitrogen and oxygen atoms in total. The fraction of sp³-hybridized carbons (Fsp3) is 0.222. The summed E-state index contributed by atoms with van der Waals surface area (Å²) in [4.78, 5) is 16.5. The van der Waals surface area contributed by atoms with Crippen LogP contribution in [0, 0.1) is 0 Å². The third-order valence-corrected chi connectivity index (χ3v) is 4.48. The van der Waals surface area contributed by atoms with Crippen LogP contribution in [-0.2, 0) is 4.79 Å². The van der Waals surface area contributed by atoms with Crippen LogP contribution in [0.5, 0.6) is 11.5 Å². The first-order valence-corrected chi connectivity index (χ1v) is 8.94. The maximum Gasteiger partial charge on any atom is 0.256 e. The number of fused-ring (bicyclic) bond motifs is 2. The fourth-order valence-corrected chi connectivity index (χ4v) is 3.26. The molecule has 2 aromatic carbocycles. The van der Waals surface area contributed by atoms with Crippen molar-refractivity contribution < 1.29 is 18.7 Å². The lowest BCUT2D eigenvalue weighted by Gasteiger charge is -2.18. The van der Waals surface area contributed by atoms with Crippen molar-refractivity contribution in [3.8, 4) is 11.5 Å². The molecule has 0 saturated heterocycles. The van der Waals surface area contributed by atoms with Crippen molar-refractivity contribution in [1.29, 1.82) is 0 Å². The summed E-state index contributed by atoms with van der Waals surface area (Å²) in [6.07, 6.45) is 0.359. The average Bonchev–Trinajstić information content (AvgIpc) is 3.04. The zero-order valence-electron chi connectivity index (χ0n) is 13.4. The van der Waals surface area contributed by atoms with E-state index in [0.717, 1.165) is 11.1 Å². The molecule has 128 valence electrons. The molecule has 2 heterocycles. The number of ether oxygens (including phenoxy) is 2. The Bertz CT molecular complexity index is 876. The summed E-state index contributed by atoms with van der Waals surface area (Å²) in [6.45, 7) is 1.07. The normalized spacial score (nSPS) is 13.0. The number of amides is 1. The number of benzene rings is 2. The lowest BCUT2D eigenvalue weighted by atomic mass is 10.2. The molecular formula is C18H16N2O4S. The Morgan fingerprint density at radius 1 is 1.12 bits per heavy atom. The summed E-state index contributed by atoms with van der Waals surface area (Å²) in [7, 11) is 0. The molecule has 0 unspecified atom stereocenters. The van der Waals surface area contributed by atoms with E-state index in [1.54, 1.807) is 18.2 Å². The third-order valence-electron chi connectivity index (χ3n) is 3.65. The van der Waals surface area contributed by atoms with E-state index in [4.69, 9.17) is 13.9 Å². The average molecular weight is 356 g/mol. The van der Waals surface area contributed by atoms with Gasteiger partial charge in [0.05, 0.1) is 0 Å². The number of nitrogens with zero attached hydrogens (tertiary/aromatic N) is 1. The van der Waals surface area contributed by atoms with Gasteiger partial charge in [0.2, 0.25) is 5.91 Å². The van der Waals surface area contributed by atoms with E-state index >= 15 is 0 Å². The number of oxazole rings is 1. The van der Waals surface area contributed by atoms with Crippen LogP contribution >= 0.6 is 11.8 Å². The number of anilines is 1. The van der Waals surface area contributed by atoms with Gasteiger partial charge in [0.25, 0.3) is 5.22 Å². The predicted molar refractivity (Wildman–Crippen MR) is 95.4 cm³/mol. The van der Waals surface area contributed by atoms with Crippen molar-refractivity contribution in [1.82, 2.24) is 4.98 Å². The molecule has 0 bridgehead atoms. The van der Waals surface area contributed by atoms with E-state index in [1.165, 1.54) is 11.8 Å². The highest BCUT2D eigenvalue weighted by Gasteiger charge is 2.13. The Balaban J connectivity index is 1.30. The van der Waals surface area contributed by atoms with Crippen molar-refractivity contribution in [2.45, 2.75) is 11.6 Å². The molecule has 1 N–H and O–H groups in total. The van der Waals surface area contributed by atoms with Crippen LogP contribution in [0.15, 0.2) is 52.1 Å². The molecule has 1 aromatic heterocycles. The van der Waals surface area contributed by atoms with Crippen molar-refractivity contribution in [2.75, 3.05) is 24.3 Å². The highest BCUT2D eigenvalue weighted by atomic mass is 32.2. The molecule has 0 aliphatic carbocycles. The van der Waals surface area contributed by atoms with Crippen molar-refractivity contribution >= 4 is 34.5 Å². The Morgan fingerprint density at radius 2 is 1.96 bits per heavy atom. The maximum atomic E-state index is 12.1. The van der Waals surface area contributed by atoms with E-state index in [2.05, 4.69) is 10.3 Å². The second kappa shape index (κ2) is 7.06. The van der Waals surface area contributed by atoms with Gasteiger partial charge in [-0.05, 0) is 24.3 Å². The van der Waals surface area contributed by atoms with Crippen LogP contribution < -0.4 is 14.8 Å². The second-order valence-corrected chi connectivity index (χ2v) is 6.50. The molecule has 0 radical (unpaired) electrons. The van der Waals surface area contributed by atoms with E-state index in [0.29, 0.717) is 47.8 Å². The molecule has 25 heavy (non-hydrogen) atoms. The summed E-state index contributed by atoms with van der Waals surface area (Å²) in [5.74, 6) is 1.88. The maximum absolute atomic E-state index is 12.1. The molecule has 7 heteroatoms. The van der Waals surface area contributed by atoms with Gasteiger partial charge in [0.15, 0.2) is 17.1 Å². The van der Waals surface area contributed by atoms with Crippen LogP contribution in [0.4, 0.5) is 5.69 Å². The minimum atomic E-state index is -0.0692. The van der Waals surface area contributed by atoms with Crippen LogP contribution in [0.3, 0.4) is 0 Å². The minimum absolute atomic E-state index is 0.0692. The number of nitrogens with one attached hydrogen (secondary N) is 1. The number of hydrogen-bond acceptors (Lipinski definition) is 6. The lowest BCUT2D eigenvalue weighted by Crippen LogP contribution is -2.16. The van der Waals surface area contributed by atoms with E-state index in [9.17, 15) is 4.79 Å². The first kappa shape index (κ1) is 15.8. The number of rotatable bonds is 5. The van der Waals surface area contributed by atoms with Gasteiger partial charge in [0, 0.05) is 23.9 Å². The largest absolute Gasteiger partial charge is 0.486 e. The number of aromatic nitrogens is 1. The Labute approximate surface area is 148 Å². The molecular weight excluding hydrogens is 340 g/mol. The zero-order chi connectivity index (χ0) is 17.1. The van der Waals surface area contributed by atoms with Gasteiger partial charge < -0.3 is 19.2 Å². The molecule has 0 spiro atoms. The van der Waals surface area contributed by atoms with E-state index < -0.39 is 0 Å². The monoisotopic (exact) mass is 356 g/mol. The van der Waals surface area contributed by atoms with Gasteiger partial charge in [-0.1, -0.05) is 23.9 Å². The first-order valence-electron chi connectivity index (χ1n) is 7.96. The Kier molecular flexibility index (Phi) is 4.47. The van der Waals surface area contributed by atoms with Crippen molar-refractivity contribution in [2.24, 2.45) is 0 Å². The van der Waals surface area contributed by atoms with E-state index in [1.807, 2.05) is 24.3 Å². The second-order valence-electron chi connectivity index (χ2n) is 5.45. The van der Waals surface area contributed by atoms with Gasteiger partial charge in [-0.2, -0.15) is 0 Å². The Hall–Kier alpha value is -2.67. The minimum Gasteiger partial charge on any atom is -0.486 e. The van der Waals surface area contributed by atoms with Crippen LogP contribution in [0.1, 0.15) is 6.42 Å². The third kappa shape index (κ3) is 3.71. The zero-order valence-corrected chi connectivity index (χ0v) is 14.2. The summed E-state index contributed by atoms with van der Waals surface area (Å²) in [5, 5.41) is 3.44. The standard InChI is InChI=1S/C18H16N2O4S/c21-17(19-12-5-6-15-16(11-12)23-9-8-22-15)7-10-25-18-20-13-3-1-2-4-14(13)24-18/h1-6,11H,7-10H2,(H,19,21). The van der Waals surface area contributed by atoms with Gasteiger partial charge in [-0.15, -0.1) is 0 Å². The summed E-state index contributed by atoms with van der Waals surface area (Å²) in [6, 6.07) is 13.0. The van der Waals surface area contributed by atoms with Crippen LogP contribution in [-0.4, -0.2) is 29.9 Å². The SMILES string of the molecule is O=C(CCSc1nc2ccccc2o1)Nc1ccc2c(c1)OCCO2. The lowest BCUT2D eigenvalue weighted by molar-refractivity contribution is -0.115. The van der Waals surface area contributed by atoms with Gasteiger partial charge in [-0.3, -0.25) is 4.79 Å². The Morgan fingerprint density at radius 3 is 2.84 bits per heavy atom. The molecule has 0 atom stereocenters. The number of carbonyl (C=O) groups is 1. The predicted octanol–water partition coefficient (Wildman–Crippen LogP) is 3.72. The van der Waals surface area contributed by atoms with Crippen molar-refractivity contribution in [3.05, 3.63) is 42.5 Å². The number of para-hydroxylation sites is 2. The molecule has 1 amide bonds. The van der Waals surface area contributed by atoms with E-state index in [-0.39, 0.29) is 5.91 Å². The summed E-state index contributed by atoms with van der Waals surface area (Å²) in [5.41, 5.74) is 2.28. The summed E-state index contributed by atoms with van der Waals surface area (Å²) < 4.78 is 16.6. The molecule has 1 aliphatic heterocycles. The number of thioether (sulfide) groups is 1. The molecule has 1 aliphatic rings. The van der Waals surface area contributed by atoms with Gasteiger partial charge in [-0.25, -0.2) is 4.98 Å². The van der Waals surface area contributed by atoms with Crippen LogP contribution in [0.2, 0.25) is 0 Å². The topological polar surface area (TPSA) is 73.6 Å². The highest BCUT2D eigenvalue weighted by Crippen LogP contribution is 2.32. The smallest absolute Gasteiger partial charge is 0.256 e. The molecule has 4 rings (SSSR count). The molecule has 0 saturated carbocycles. The van der Waals surface area contributed by atoms with Gasteiger partial charge >= 0.3 is 0 Å². The number of hydrogen-bond donors (Lipinski definition) is 1. The molecule has 0 fully saturated rings.